The third kappa shape index (κ3) is 2.88. The van der Waals surface area contributed by atoms with Crippen LogP contribution in [-0.2, 0) is 6.54 Å². The Morgan fingerprint density at radius 1 is 1.41 bits per heavy atom. The van der Waals surface area contributed by atoms with Gasteiger partial charge in [0.05, 0.1) is 22.9 Å². The van der Waals surface area contributed by atoms with E-state index in [0.29, 0.717) is 11.4 Å². The smallest absolute Gasteiger partial charge is 0.263 e. The van der Waals surface area contributed by atoms with E-state index in [1.807, 2.05) is 32.0 Å². The van der Waals surface area contributed by atoms with Gasteiger partial charge < -0.3 is 5.32 Å². The van der Waals surface area contributed by atoms with Gasteiger partial charge in [-0.2, -0.15) is 0 Å². The fraction of sp³-hybridized carbons (Fsp3) is 0.250. The first-order chi connectivity index (χ1) is 8.16. The van der Waals surface area contributed by atoms with Crippen LogP contribution in [-0.4, -0.2) is 15.9 Å². The summed E-state index contributed by atoms with van der Waals surface area (Å²) in [7, 11) is 0. The molecule has 0 radical (unpaired) electrons. The Balaban J connectivity index is 2.01. The molecule has 5 heteroatoms. The molecule has 88 valence electrons. The molecule has 1 N–H and O–H groups in total. The summed E-state index contributed by atoms with van der Waals surface area (Å²) >= 11 is 1.41. The van der Waals surface area contributed by atoms with Crippen molar-refractivity contribution in [3.05, 3.63) is 45.7 Å². The summed E-state index contributed by atoms with van der Waals surface area (Å²) in [6.07, 6.45) is 1.71. The monoisotopic (exact) mass is 247 g/mol. The van der Waals surface area contributed by atoms with Gasteiger partial charge in [-0.1, -0.05) is 6.07 Å². The van der Waals surface area contributed by atoms with Gasteiger partial charge >= 0.3 is 0 Å². The summed E-state index contributed by atoms with van der Waals surface area (Å²) in [6, 6.07) is 5.63. The van der Waals surface area contributed by atoms with Gasteiger partial charge in [-0.25, -0.2) is 4.98 Å². The number of carbonyl (C=O) groups is 1. The van der Waals surface area contributed by atoms with Crippen molar-refractivity contribution >= 4 is 17.2 Å². The van der Waals surface area contributed by atoms with E-state index in [4.69, 9.17) is 0 Å². The number of pyridine rings is 1. The topological polar surface area (TPSA) is 54.9 Å². The minimum Gasteiger partial charge on any atom is -0.346 e. The maximum absolute atomic E-state index is 11.9. The van der Waals surface area contributed by atoms with Gasteiger partial charge in [0.1, 0.15) is 4.88 Å². The molecular formula is C12H13N3OS. The van der Waals surface area contributed by atoms with Gasteiger partial charge in [0, 0.05) is 6.20 Å². The van der Waals surface area contributed by atoms with Crippen LogP contribution in [0.3, 0.4) is 0 Å². The highest BCUT2D eigenvalue weighted by Gasteiger charge is 2.13. The predicted molar refractivity (Wildman–Crippen MR) is 67.0 cm³/mol. The van der Waals surface area contributed by atoms with Crippen LogP contribution in [0.4, 0.5) is 0 Å². The van der Waals surface area contributed by atoms with Crippen molar-refractivity contribution in [1.29, 1.82) is 0 Å². The Labute approximate surface area is 104 Å². The molecule has 0 spiro atoms. The van der Waals surface area contributed by atoms with Crippen molar-refractivity contribution in [1.82, 2.24) is 15.3 Å². The van der Waals surface area contributed by atoms with E-state index < -0.39 is 0 Å². The third-order valence-corrected chi connectivity index (χ3v) is 3.34. The van der Waals surface area contributed by atoms with Crippen LogP contribution >= 0.6 is 11.3 Å². The van der Waals surface area contributed by atoms with Crippen molar-refractivity contribution in [2.45, 2.75) is 20.4 Å². The second-order valence-electron chi connectivity index (χ2n) is 3.65. The Morgan fingerprint density at radius 2 is 2.24 bits per heavy atom. The molecule has 0 aromatic carbocycles. The number of carbonyl (C=O) groups excluding carboxylic acids is 1. The van der Waals surface area contributed by atoms with Gasteiger partial charge in [0.2, 0.25) is 0 Å². The van der Waals surface area contributed by atoms with Crippen LogP contribution in [0.15, 0.2) is 24.4 Å². The van der Waals surface area contributed by atoms with E-state index >= 15 is 0 Å². The normalized spacial score (nSPS) is 10.2. The zero-order chi connectivity index (χ0) is 12.3. The van der Waals surface area contributed by atoms with Crippen LogP contribution < -0.4 is 5.32 Å². The van der Waals surface area contributed by atoms with Crippen molar-refractivity contribution < 1.29 is 4.79 Å². The minimum atomic E-state index is -0.0845. The number of aryl methyl sites for hydroxylation is 2. The summed E-state index contributed by atoms with van der Waals surface area (Å²) in [5.74, 6) is -0.0845. The summed E-state index contributed by atoms with van der Waals surface area (Å²) in [5, 5.41) is 3.75. The average Bonchev–Trinajstić information content (AvgIpc) is 2.67. The van der Waals surface area contributed by atoms with Crippen molar-refractivity contribution in [2.24, 2.45) is 0 Å². The van der Waals surface area contributed by atoms with Crippen LogP contribution in [0.25, 0.3) is 0 Å². The molecule has 4 nitrogen and oxygen atoms in total. The number of aromatic nitrogens is 2. The maximum atomic E-state index is 11.9. The van der Waals surface area contributed by atoms with E-state index in [0.717, 1.165) is 16.4 Å². The molecule has 0 saturated heterocycles. The number of hydrogen-bond donors (Lipinski definition) is 1. The lowest BCUT2D eigenvalue weighted by molar-refractivity contribution is 0.0953. The summed E-state index contributed by atoms with van der Waals surface area (Å²) in [5.41, 5.74) is 1.63. The Kier molecular flexibility index (Phi) is 3.49. The van der Waals surface area contributed by atoms with Gasteiger partial charge in [-0.05, 0) is 26.0 Å². The molecule has 0 saturated carbocycles. The van der Waals surface area contributed by atoms with E-state index in [9.17, 15) is 4.79 Å². The lowest BCUT2D eigenvalue weighted by Gasteiger charge is -2.02. The molecule has 0 aliphatic carbocycles. The van der Waals surface area contributed by atoms with E-state index in [2.05, 4.69) is 15.3 Å². The molecule has 0 unspecified atom stereocenters. The summed E-state index contributed by atoms with van der Waals surface area (Å²) in [4.78, 5) is 20.9. The third-order valence-electron chi connectivity index (χ3n) is 2.27. The molecule has 2 aromatic heterocycles. The van der Waals surface area contributed by atoms with Gasteiger partial charge in [-0.3, -0.25) is 9.78 Å². The number of amides is 1. The molecule has 2 rings (SSSR count). The van der Waals surface area contributed by atoms with Crippen LogP contribution in [0.5, 0.6) is 0 Å². The molecule has 0 aliphatic heterocycles. The molecule has 0 aliphatic rings. The largest absolute Gasteiger partial charge is 0.346 e. The Bertz CT molecular complexity index is 522. The molecule has 2 heterocycles. The molecule has 0 fully saturated rings. The first-order valence-corrected chi connectivity index (χ1v) is 6.10. The van der Waals surface area contributed by atoms with E-state index in [1.165, 1.54) is 11.3 Å². The zero-order valence-corrected chi connectivity index (χ0v) is 10.5. The van der Waals surface area contributed by atoms with Gasteiger partial charge in [0.25, 0.3) is 5.91 Å². The molecule has 0 bridgehead atoms. The highest BCUT2D eigenvalue weighted by Crippen LogP contribution is 2.16. The minimum absolute atomic E-state index is 0.0845. The van der Waals surface area contributed by atoms with Gasteiger partial charge in [0.15, 0.2) is 0 Å². The highest BCUT2D eigenvalue weighted by atomic mass is 32.1. The lowest BCUT2D eigenvalue weighted by atomic mass is 10.3. The van der Waals surface area contributed by atoms with Crippen LogP contribution in [0.2, 0.25) is 0 Å². The molecule has 1 amide bonds. The number of rotatable bonds is 3. The van der Waals surface area contributed by atoms with E-state index in [1.54, 1.807) is 6.20 Å². The van der Waals surface area contributed by atoms with E-state index in [-0.39, 0.29) is 5.91 Å². The highest BCUT2D eigenvalue weighted by molar-refractivity contribution is 7.13. The molecule has 17 heavy (non-hydrogen) atoms. The summed E-state index contributed by atoms with van der Waals surface area (Å²) in [6.45, 7) is 4.18. The average molecular weight is 247 g/mol. The SMILES string of the molecule is Cc1nc(C)c(C(=O)NCc2ccccn2)s1. The van der Waals surface area contributed by atoms with Crippen LogP contribution in [0.1, 0.15) is 26.1 Å². The number of nitrogens with one attached hydrogen (secondary N) is 1. The fourth-order valence-corrected chi connectivity index (χ4v) is 2.33. The number of hydrogen-bond acceptors (Lipinski definition) is 4. The molecule has 2 aromatic rings. The fourth-order valence-electron chi connectivity index (χ4n) is 1.50. The number of thiazole rings is 1. The van der Waals surface area contributed by atoms with Crippen LogP contribution in [0, 0.1) is 13.8 Å². The number of nitrogens with zero attached hydrogens (tertiary/aromatic N) is 2. The maximum Gasteiger partial charge on any atom is 0.263 e. The lowest BCUT2D eigenvalue weighted by Crippen LogP contribution is -2.23. The molecule has 0 atom stereocenters. The zero-order valence-electron chi connectivity index (χ0n) is 9.73. The quantitative estimate of drug-likeness (QED) is 0.903. The van der Waals surface area contributed by atoms with Gasteiger partial charge in [-0.15, -0.1) is 11.3 Å². The predicted octanol–water partition coefficient (Wildman–Crippen LogP) is 2.08. The van der Waals surface area contributed by atoms with Crippen molar-refractivity contribution in [3.63, 3.8) is 0 Å². The molecular weight excluding hydrogens is 234 g/mol. The Morgan fingerprint density at radius 3 is 2.82 bits per heavy atom. The second kappa shape index (κ2) is 5.05. The second-order valence-corrected chi connectivity index (χ2v) is 4.85. The standard InChI is InChI=1S/C12H13N3OS/c1-8-11(17-9(2)15-8)12(16)14-7-10-5-3-4-6-13-10/h3-6H,7H2,1-2H3,(H,14,16). The van der Waals surface area contributed by atoms with Crippen molar-refractivity contribution in [2.75, 3.05) is 0 Å². The first-order valence-electron chi connectivity index (χ1n) is 5.29. The Hall–Kier alpha value is -1.75. The van der Waals surface area contributed by atoms with Crippen molar-refractivity contribution in [3.8, 4) is 0 Å². The first kappa shape index (κ1) is 11.7. The summed E-state index contributed by atoms with van der Waals surface area (Å²) < 4.78 is 0.